The van der Waals surface area contributed by atoms with Gasteiger partial charge in [-0.05, 0) is 30.6 Å². The van der Waals surface area contributed by atoms with E-state index in [1.165, 1.54) is 31.4 Å². The summed E-state index contributed by atoms with van der Waals surface area (Å²) in [7, 11) is 0. The van der Waals surface area contributed by atoms with Crippen molar-refractivity contribution in [1.82, 2.24) is 0 Å². The van der Waals surface area contributed by atoms with Gasteiger partial charge in [-0.1, -0.05) is 90.3 Å². The van der Waals surface area contributed by atoms with E-state index in [9.17, 15) is 14.7 Å². The molecule has 5 nitrogen and oxygen atoms in total. The molecule has 0 bridgehead atoms. The number of esters is 1. The first-order valence-corrected chi connectivity index (χ1v) is 13.1. The molecule has 1 aromatic rings. The predicted molar refractivity (Wildman–Crippen MR) is 136 cm³/mol. The molecule has 0 aliphatic heterocycles. The van der Waals surface area contributed by atoms with E-state index in [-0.39, 0.29) is 30.3 Å². The van der Waals surface area contributed by atoms with Crippen LogP contribution in [0.2, 0.25) is 0 Å². The van der Waals surface area contributed by atoms with Crippen molar-refractivity contribution in [3.05, 3.63) is 59.2 Å². The first kappa shape index (κ1) is 29.7. The van der Waals surface area contributed by atoms with Crippen molar-refractivity contribution >= 4 is 11.9 Å². The fourth-order valence-corrected chi connectivity index (χ4v) is 4.16. The zero-order valence-electron chi connectivity index (χ0n) is 21.7. The van der Waals surface area contributed by atoms with Crippen LogP contribution in [0.4, 0.5) is 8.78 Å². The molecule has 1 aromatic carbocycles. The summed E-state index contributed by atoms with van der Waals surface area (Å²) in [6.07, 6.45) is 11.7. The SMILES string of the molecule is CCCCCCCCCCOC1(c2ccccc2C(=O)OC[C@@H](C)CC)C=CC(C(=O)O)=CC1(F)F. The zero-order valence-corrected chi connectivity index (χ0v) is 21.7. The minimum atomic E-state index is -3.71. The van der Waals surface area contributed by atoms with Crippen LogP contribution in [-0.4, -0.2) is 36.2 Å². The van der Waals surface area contributed by atoms with E-state index in [0.717, 1.165) is 44.3 Å². The molecule has 0 amide bonds. The Labute approximate surface area is 213 Å². The number of ether oxygens (including phenoxy) is 2. The molecule has 0 heterocycles. The van der Waals surface area contributed by atoms with Gasteiger partial charge in [0.25, 0.3) is 0 Å². The van der Waals surface area contributed by atoms with E-state index in [1.807, 2.05) is 13.8 Å². The summed E-state index contributed by atoms with van der Waals surface area (Å²) < 4.78 is 42.7. The molecule has 0 saturated heterocycles. The lowest BCUT2D eigenvalue weighted by Gasteiger charge is -2.39. The van der Waals surface area contributed by atoms with Crippen LogP contribution < -0.4 is 0 Å². The van der Waals surface area contributed by atoms with E-state index >= 15 is 8.78 Å². The first-order chi connectivity index (χ1) is 17.2. The second kappa shape index (κ2) is 14.3. The van der Waals surface area contributed by atoms with Crippen molar-refractivity contribution < 1.29 is 33.0 Å². The third kappa shape index (κ3) is 7.73. The lowest BCUT2D eigenvalue weighted by Crippen LogP contribution is -2.48. The van der Waals surface area contributed by atoms with Gasteiger partial charge >= 0.3 is 17.9 Å². The van der Waals surface area contributed by atoms with E-state index in [1.54, 1.807) is 12.1 Å². The molecular formula is C29H40F2O5. The van der Waals surface area contributed by atoms with Crippen molar-refractivity contribution in [2.45, 2.75) is 90.1 Å². The normalized spacial score (nSPS) is 19.5. The Kier molecular flexibility index (Phi) is 11.8. The minimum Gasteiger partial charge on any atom is -0.478 e. The smallest absolute Gasteiger partial charge is 0.338 e. The number of hydrogen-bond acceptors (Lipinski definition) is 4. The number of carbonyl (C=O) groups excluding carboxylic acids is 1. The molecule has 0 fully saturated rings. The van der Waals surface area contributed by atoms with Gasteiger partial charge in [0.1, 0.15) is 0 Å². The Morgan fingerprint density at radius 2 is 1.64 bits per heavy atom. The fourth-order valence-electron chi connectivity index (χ4n) is 4.16. The Morgan fingerprint density at radius 1 is 1.00 bits per heavy atom. The van der Waals surface area contributed by atoms with Gasteiger partial charge in [0.15, 0.2) is 5.60 Å². The molecule has 0 spiro atoms. The van der Waals surface area contributed by atoms with Gasteiger partial charge in [-0.3, -0.25) is 0 Å². The first-order valence-electron chi connectivity index (χ1n) is 13.1. The van der Waals surface area contributed by atoms with E-state index < -0.39 is 29.0 Å². The Morgan fingerprint density at radius 3 is 2.25 bits per heavy atom. The van der Waals surface area contributed by atoms with Crippen LogP contribution in [0.25, 0.3) is 0 Å². The molecule has 1 aliphatic rings. The van der Waals surface area contributed by atoms with Gasteiger partial charge in [0.05, 0.1) is 17.7 Å². The molecule has 200 valence electrons. The number of unbranched alkanes of at least 4 members (excludes halogenated alkanes) is 7. The lowest BCUT2D eigenvalue weighted by atomic mass is 9.79. The molecule has 36 heavy (non-hydrogen) atoms. The van der Waals surface area contributed by atoms with E-state index in [0.29, 0.717) is 12.5 Å². The Balaban J connectivity index is 2.27. The number of halogens is 2. The molecule has 1 unspecified atom stereocenters. The highest BCUT2D eigenvalue weighted by molar-refractivity contribution is 5.93. The molecule has 1 aliphatic carbocycles. The van der Waals surface area contributed by atoms with Crippen LogP contribution in [0.1, 0.15) is 94.5 Å². The summed E-state index contributed by atoms with van der Waals surface area (Å²) in [6.45, 7) is 6.29. The summed E-state index contributed by atoms with van der Waals surface area (Å²) >= 11 is 0. The molecule has 1 N–H and O–H groups in total. The molecule has 2 atom stereocenters. The monoisotopic (exact) mass is 506 g/mol. The van der Waals surface area contributed by atoms with Crippen LogP contribution in [-0.2, 0) is 19.9 Å². The van der Waals surface area contributed by atoms with Crippen molar-refractivity contribution in [1.29, 1.82) is 0 Å². The third-order valence-corrected chi connectivity index (χ3v) is 6.65. The summed E-state index contributed by atoms with van der Waals surface area (Å²) in [6, 6.07) is 6.00. The lowest BCUT2D eigenvalue weighted by molar-refractivity contribution is -0.165. The number of hydrogen-bond donors (Lipinski definition) is 1. The van der Waals surface area contributed by atoms with Crippen LogP contribution in [0.15, 0.2) is 48.1 Å². The topological polar surface area (TPSA) is 72.8 Å². The van der Waals surface area contributed by atoms with Gasteiger partial charge in [-0.25, -0.2) is 9.59 Å². The van der Waals surface area contributed by atoms with Gasteiger partial charge in [-0.2, -0.15) is 8.78 Å². The minimum absolute atomic E-state index is 0.0202. The number of aliphatic carboxylic acids is 1. The van der Waals surface area contributed by atoms with Crippen LogP contribution in [0, 0.1) is 5.92 Å². The zero-order chi connectivity index (χ0) is 26.6. The standard InChI is InChI=1S/C29H40F2O5/c1-4-6-7-8-9-10-11-14-19-36-28(18-17-23(26(32)33)20-29(28,30)31)25-16-13-12-15-24(25)27(34)35-21-22(3)5-2/h12-13,15-18,20,22H,4-11,14,19,21H2,1-3H3,(H,32,33)/t22-,28?/m0/s1. The van der Waals surface area contributed by atoms with E-state index in [4.69, 9.17) is 9.47 Å². The maximum absolute atomic E-state index is 15.7. The Bertz CT molecular complexity index is 924. The van der Waals surface area contributed by atoms with Crippen molar-refractivity contribution in [3.8, 4) is 0 Å². The summed E-state index contributed by atoms with van der Waals surface area (Å²) in [5.74, 6) is -5.74. The summed E-state index contributed by atoms with van der Waals surface area (Å²) in [5, 5.41) is 9.28. The third-order valence-electron chi connectivity index (χ3n) is 6.65. The van der Waals surface area contributed by atoms with Gasteiger partial charge in [-0.15, -0.1) is 0 Å². The molecule has 0 aromatic heterocycles. The highest BCUT2D eigenvalue weighted by atomic mass is 19.3. The number of benzene rings is 1. The number of carboxylic acids is 1. The highest BCUT2D eigenvalue weighted by Gasteiger charge is 2.56. The predicted octanol–water partition coefficient (Wildman–Crippen LogP) is 7.46. The maximum Gasteiger partial charge on any atom is 0.338 e. The van der Waals surface area contributed by atoms with Crippen molar-refractivity contribution in [2.75, 3.05) is 13.2 Å². The second-order valence-electron chi connectivity index (χ2n) is 9.58. The van der Waals surface area contributed by atoms with Crippen molar-refractivity contribution in [3.63, 3.8) is 0 Å². The number of rotatable bonds is 16. The van der Waals surface area contributed by atoms with Crippen LogP contribution >= 0.6 is 0 Å². The number of carbonyl (C=O) groups is 2. The quantitative estimate of drug-likeness (QED) is 0.186. The highest BCUT2D eigenvalue weighted by Crippen LogP contribution is 2.48. The average molecular weight is 507 g/mol. The fraction of sp³-hybridized carbons (Fsp3) is 0.586. The van der Waals surface area contributed by atoms with Gasteiger partial charge in [0.2, 0.25) is 0 Å². The Hall–Kier alpha value is -2.54. The molecule has 2 rings (SSSR count). The summed E-state index contributed by atoms with van der Waals surface area (Å²) in [5.41, 5.74) is -2.91. The maximum atomic E-state index is 15.7. The molecular weight excluding hydrogens is 466 g/mol. The molecule has 0 saturated carbocycles. The summed E-state index contributed by atoms with van der Waals surface area (Å²) in [4.78, 5) is 24.3. The number of alkyl halides is 2. The van der Waals surface area contributed by atoms with Gasteiger partial charge in [0, 0.05) is 18.2 Å². The van der Waals surface area contributed by atoms with Gasteiger partial charge < -0.3 is 14.6 Å². The second-order valence-corrected chi connectivity index (χ2v) is 9.58. The van der Waals surface area contributed by atoms with E-state index in [2.05, 4.69) is 6.92 Å². The molecule has 7 heteroatoms. The van der Waals surface area contributed by atoms with Crippen LogP contribution in [0.3, 0.4) is 0 Å². The molecule has 0 radical (unpaired) electrons. The van der Waals surface area contributed by atoms with Crippen molar-refractivity contribution in [2.24, 2.45) is 5.92 Å². The number of carboxylic acid groups (broad SMARTS) is 1. The largest absolute Gasteiger partial charge is 0.478 e. The van der Waals surface area contributed by atoms with Crippen LogP contribution in [0.5, 0.6) is 0 Å². The average Bonchev–Trinajstić information content (AvgIpc) is 2.86.